The summed E-state index contributed by atoms with van der Waals surface area (Å²) in [7, 11) is 0. The molecule has 0 fully saturated rings. The van der Waals surface area contributed by atoms with Gasteiger partial charge < -0.3 is 10.3 Å². The van der Waals surface area contributed by atoms with Crippen LogP contribution in [0.25, 0.3) is 10.2 Å². The summed E-state index contributed by atoms with van der Waals surface area (Å²) < 4.78 is 0. The Morgan fingerprint density at radius 3 is 2.97 bits per heavy atom. The molecule has 1 aromatic carbocycles. The highest BCUT2D eigenvalue weighted by Crippen LogP contribution is 2.35. The lowest BCUT2D eigenvalue weighted by molar-refractivity contribution is -0.115. The highest BCUT2D eigenvalue weighted by molar-refractivity contribution is 7.18. The van der Waals surface area contributed by atoms with Gasteiger partial charge in [0.2, 0.25) is 5.91 Å². The van der Waals surface area contributed by atoms with Gasteiger partial charge in [0.05, 0.1) is 18.0 Å². The molecule has 0 saturated carbocycles. The first-order chi connectivity index (χ1) is 14.5. The summed E-state index contributed by atoms with van der Waals surface area (Å²) >= 11 is 1.64. The number of aromatic nitrogens is 2. The number of carbonyl (C=O) groups is 1. The Hall–Kier alpha value is -2.51. The van der Waals surface area contributed by atoms with Crippen LogP contribution in [0.4, 0.5) is 5.69 Å². The maximum atomic E-state index is 12.8. The molecule has 158 valence electrons. The summed E-state index contributed by atoms with van der Waals surface area (Å²) in [5.74, 6) is 1.11. The molecule has 7 heteroatoms. The van der Waals surface area contributed by atoms with Crippen LogP contribution in [0.15, 0.2) is 29.1 Å². The maximum absolute atomic E-state index is 12.8. The zero-order valence-electron chi connectivity index (χ0n) is 17.7. The lowest BCUT2D eigenvalue weighted by atomic mass is 9.89. The molecule has 1 aliphatic carbocycles. The standard InChI is InChI=1S/C23H28N4O2S/c1-4-15-7-5-6-8-17(15)25-19(28)12-24-14(3)21-26-22(29)20-16-10-9-13(2)11-18(16)30-23(20)27-21/h5-8,13-14,24H,4,9-12H2,1-3H3,(H,25,28)(H,26,27,29)/t13-,14+/m0/s1. The number of H-pyrrole nitrogens is 1. The van der Waals surface area contributed by atoms with Crippen LogP contribution in [0.5, 0.6) is 0 Å². The highest BCUT2D eigenvalue weighted by Gasteiger charge is 2.23. The van der Waals surface area contributed by atoms with E-state index in [4.69, 9.17) is 4.98 Å². The third kappa shape index (κ3) is 4.18. The third-order valence-corrected chi connectivity index (χ3v) is 6.98. The van der Waals surface area contributed by atoms with Gasteiger partial charge in [0.1, 0.15) is 10.7 Å². The quantitative estimate of drug-likeness (QED) is 0.559. The number of thiophene rings is 1. The van der Waals surface area contributed by atoms with Crippen molar-refractivity contribution in [2.45, 2.75) is 52.5 Å². The molecule has 3 N–H and O–H groups in total. The number of fused-ring (bicyclic) bond motifs is 3. The number of nitrogens with one attached hydrogen (secondary N) is 3. The fourth-order valence-electron chi connectivity index (χ4n) is 4.06. The molecule has 1 aliphatic rings. The Bertz CT molecular complexity index is 1130. The molecule has 0 aliphatic heterocycles. The van der Waals surface area contributed by atoms with Crippen LogP contribution in [0.2, 0.25) is 0 Å². The number of rotatable bonds is 6. The van der Waals surface area contributed by atoms with Crippen LogP contribution in [-0.2, 0) is 24.1 Å². The van der Waals surface area contributed by atoms with Crippen molar-refractivity contribution in [2.24, 2.45) is 5.92 Å². The van der Waals surface area contributed by atoms with Gasteiger partial charge in [0.25, 0.3) is 5.56 Å². The Kier molecular flexibility index (Phi) is 6.01. The van der Waals surface area contributed by atoms with Gasteiger partial charge in [-0.15, -0.1) is 11.3 Å². The van der Waals surface area contributed by atoms with Crippen molar-refractivity contribution < 1.29 is 4.79 Å². The minimum Gasteiger partial charge on any atom is -0.325 e. The van der Waals surface area contributed by atoms with Gasteiger partial charge in [-0.3, -0.25) is 14.9 Å². The number of hydrogen-bond donors (Lipinski definition) is 3. The lowest BCUT2D eigenvalue weighted by Gasteiger charge is -2.17. The van der Waals surface area contributed by atoms with E-state index in [1.807, 2.05) is 31.2 Å². The molecular formula is C23H28N4O2S. The monoisotopic (exact) mass is 424 g/mol. The number of benzene rings is 1. The minimum atomic E-state index is -0.243. The van der Waals surface area contributed by atoms with Gasteiger partial charge in [0, 0.05) is 10.6 Å². The number of nitrogens with zero attached hydrogens (tertiary/aromatic N) is 1. The molecule has 2 atom stereocenters. The molecule has 2 aromatic heterocycles. The summed E-state index contributed by atoms with van der Waals surface area (Å²) in [6.45, 7) is 6.37. The van der Waals surface area contributed by atoms with Crippen LogP contribution >= 0.6 is 11.3 Å². The average molecular weight is 425 g/mol. The summed E-state index contributed by atoms with van der Waals surface area (Å²) in [4.78, 5) is 34.9. The average Bonchev–Trinajstić information content (AvgIpc) is 3.10. The normalized spacial score (nSPS) is 17.0. The van der Waals surface area contributed by atoms with E-state index >= 15 is 0 Å². The largest absolute Gasteiger partial charge is 0.325 e. The van der Waals surface area contributed by atoms with Gasteiger partial charge in [-0.1, -0.05) is 32.0 Å². The van der Waals surface area contributed by atoms with Crippen molar-refractivity contribution in [3.05, 3.63) is 56.4 Å². The first-order valence-electron chi connectivity index (χ1n) is 10.6. The Balaban J connectivity index is 1.46. The smallest absolute Gasteiger partial charge is 0.259 e. The van der Waals surface area contributed by atoms with E-state index in [1.165, 1.54) is 10.4 Å². The zero-order valence-corrected chi connectivity index (χ0v) is 18.5. The molecular weight excluding hydrogens is 396 g/mol. The molecule has 4 rings (SSSR count). The first-order valence-corrected chi connectivity index (χ1v) is 11.4. The van der Waals surface area contributed by atoms with Crippen molar-refractivity contribution in [2.75, 3.05) is 11.9 Å². The van der Waals surface area contributed by atoms with Crippen molar-refractivity contribution in [3.63, 3.8) is 0 Å². The van der Waals surface area contributed by atoms with E-state index in [0.717, 1.165) is 47.2 Å². The molecule has 0 radical (unpaired) electrons. The third-order valence-electron chi connectivity index (χ3n) is 5.84. The Morgan fingerprint density at radius 2 is 2.17 bits per heavy atom. The SMILES string of the molecule is CCc1ccccc1NC(=O)CN[C@H](C)c1nc2sc3c(c2c(=O)[nH]1)CC[C@H](C)C3. The van der Waals surface area contributed by atoms with Gasteiger partial charge in [-0.05, 0) is 55.7 Å². The molecule has 30 heavy (non-hydrogen) atoms. The summed E-state index contributed by atoms with van der Waals surface area (Å²) in [6, 6.07) is 7.56. The number of para-hydroxylation sites is 1. The first kappa shape index (κ1) is 20.8. The van der Waals surface area contributed by atoms with Crippen LogP contribution < -0.4 is 16.2 Å². The molecule has 0 bridgehead atoms. The molecule has 6 nitrogen and oxygen atoms in total. The van der Waals surface area contributed by atoms with E-state index in [1.54, 1.807) is 11.3 Å². The number of hydrogen-bond acceptors (Lipinski definition) is 5. The predicted octanol–water partition coefficient (Wildman–Crippen LogP) is 3.96. The van der Waals surface area contributed by atoms with Crippen LogP contribution in [0.3, 0.4) is 0 Å². The lowest BCUT2D eigenvalue weighted by Crippen LogP contribution is -2.32. The summed E-state index contributed by atoms with van der Waals surface area (Å²) in [5, 5.41) is 6.89. The minimum absolute atomic E-state index is 0.0722. The number of amides is 1. The van der Waals surface area contributed by atoms with E-state index in [2.05, 4.69) is 29.5 Å². The molecule has 3 aromatic rings. The predicted molar refractivity (Wildman–Crippen MR) is 122 cm³/mol. The summed E-state index contributed by atoms with van der Waals surface area (Å²) in [6.07, 6.45) is 3.95. The number of anilines is 1. The topological polar surface area (TPSA) is 86.9 Å². The number of aryl methyl sites for hydroxylation is 2. The molecule has 0 unspecified atom stereocenters. The molecule has 0 spiro atoms. The Labute approximate surface area is 180 Å². The van der Waals surface area contributed by atoms with Crippen molar-refractivity contribution in [3.8, 4) is 0 Å². The van der Waals surface area contributed by atoms with Crippen molar-refractivity contribution in [1.29, 1.82) is 0 Å². The van der Waals surface area contributed by atoms with Crippen molar-refractivity contribution in [1.82, 2.24) is 15.3 Å². The van der Waals surface area contributed by atoms with Gasteiger partial charge in [-0.25, -0.2) is 4.98 Å². The van der Waals surface area contributed by atoms with Gasteiger partial charge >= 0.3 is 0 Å². The van der Waals surface area contributed by atoms with E-state index in [0.29, 0.717) is 11.7 Å². The maximum Gasteiger partial charge on any atom is 0.259 e. The number of aromatic amines is 1. The van der Waals surface area contributed by atoms with E-state index in [9.17, 15) is 9.59 Å². The van der Waals surface area contributed by atoms with E-state index < -0.39 is 0 Å². The van der Waals surface area contributed by atoms with Gasteiger partial charge in [0.15, 0.2) is 0 Å². The fraction of sp³-hybridized carbons (Fsp3) is 0.435. The van der Waals surface area contributed by atoms with Crippen LogP contribution in [0.1, 0.15) is 55.1 Å². The second-order valence-electron chi connectivity index (χ2n) is 8.14. The molecule has 2 heterocycles. The second-order valence-corrected chi connectivity index (χ2v) is 9.23. The second kappa shape index (κ2) is 8.70. The van der Waals surface area contributed by atoms with Crippen molar-refractivity contribution >= 4 is 33.1 Å². The van der Waals surface area contributed by atoms with Crippen LogP contribution in [0, 0.1) is 5.92 Å². The zero-order chi connectivity index (χ0) is 21.3. The molecule has 1 amide bonds. The van der Waals surface area contributed by atoms with E-state index in [-0.39, 0.29) is 24.1 Å². The fourth-order valence-corrected chi connectivity index (χ4v) is 5.45. The summed E-state index contributed by atoms with van der Waals surface area (Å²) in [5.41, 5.74) is 3.05. The Morgan fingerprint density at radius 1 is 1.37 bits per heavy atom. The van der Waals surface area contributed by atoms with Crippen LogP contribution in [-0.4, -0.2) is 22.4 Å². The highest BCUT2D eigenvalue weighted by atomic mass is 32.1. The molecule has 0 saturated heterocycles. The number of carbonyl (C=O) groups excluding carboxylic acids is 1. The van der Waals surface area contributed by atoms with Gasteiger partial charge in [-0.2, -0.15) is 0 Å².